The molecule has 0 nitrogen and oxygen atoms in total. The molecule has 0 aliphatic rings. The van der Waals surface area contributed by atoms with Crippen LogP contribution in [-0.4, -0.2) is 12.3 Å². The summed E-state index contributed by atoms with van der Waals surface area (Å²) in [6.45, 7) is 4.61. The molecular weight excluding hydrogens is 446 g/mol. The van der Waals surface area contributed by atoms with E-state index in [1.165, 1.54) is 141 Å². The SMILES string of the molecule is CCCCCCCCCCCCCCCCP(I)CCCCCCCC. The fourth-order valence-electron chi connectivity index (χ4n) is 3.65. The van der Waals surface area contributed by atoms with Gasteiger partial charge in [0.2, 0.25) is 0 Å². The first-order chi connectivity index (χ1) is 12.8. The number of unbranched alkanes of at least 4 members (excludes halogenated alkanes) is 18. The number of halogens is 1. The van der Waals surface area contributed by atoms with E-state index in [0.717, 1.165) is 0 Å². The second-order valence-electron chi connectivity index (χ2n) is 8.27. The van der Waals surface area contributed by atoms with Gasteiger partial charge in [0.25, 0.3) is 0 Å². The molecule has 0 N–H and O–H groups in total. The molecule has 26 heavy (non-hydrogen) atoms. The third-order valence-corrected chi connectivity index (χ3v) is 10.0. The van der Waals surface area contributed by atoms with Gasteiger partial charge < -0.3 is 0 Å². The minimum Gasteiger partial charge on any atom is -0.0654 e. The van der Waals surface area contributed by atoms with E-state index in [2.05, 4.69) is 35.9 Å². The van der Waals surface area contributed by atoms with Gasteiger partial charge in [0.1, 0.15) is 0 Å². The molecule has 0 aromatic rings. The average Bonchev–Trinajstić information content (AvgIpc) is 2.65. The lowest BCUT2D eigenvalue weighted by atomic mass is 10.0. The van der Waals surface area contributed by atoms with Crippen LogP contribution >= 0.6 is 27.6 Å². The second-order valence-corrected chi connectivity index (χ2v) is 14.2. The Morgan fingerprint density at radius 1 is 0.385 bits per heavy atom. The van der Waals surface area contributed by atoms with E-state index in [1.807, 2.05) is 0 Å². The largest absolute Gasteiger partial charge is 0.0654 e. The van der Waals surface area contributed by atoms with Crippen LogP contribution in [0.25, 0.3) is 0 Å². The van der Waals surface area contributed by atoms with E-state index in [0.29, 0.717) is 5.56 Å². The molecule has 0 fully saturated rings. The van der Waals surface area contributed by atoms with E-state index >= 15 is 0 Å². The summed E-state index contributed by atoms with van der Waals surface area (Å²) in [4.78, 5) is 0. The van der Waals surface area contributed by atoms with Crippen molar-refractivity contribution in [2.45, 2.75) is 142 Å². The molecule has 1 atom stereocenters. The summed E-state index contributed by atoms with van der Waals surface area (Å²) in [5.41, 5.74) is 0.324. The van der Waals surface area contributed by atoms with E-state index in [-0.39, 0.29) is 0 Å². The maximum atomic E-state index is 2.77. The van der Waals surface area contributed by atoms with Crippen LogP contribution in [0.1, 0.15) is 142 Å². The van der Waals surface area contributed by atoms with E-state index in [9.17, 15) is 0 Å². The van der Waals surface area contributed by atoms with Crippen LogP contribution in [0.3, 0.4) is 0 Å². The molecule has 2 heteroatoms. The maximum Gasteiger partial charge on any atom is -0.0235 e. The van der Waals surface area contributed by atoms with Gasteiger partial charge in [-0.05, 0) is 30.7 Å². The van der Waals surface area contributed by atoms with Crippen LogP contribution in [0.2, 0.25) is 0 Å². The van der Waals surface area contributed by atoms with Gasteiger partial charge in [-0.3, -0.25) is 0 Å². The molecule has 0 saturated heterocycles. The first-order valence-electron chi connectivity index (χ1n) is 12.2. The van der Waals surface area contributed by atoms with Crippen molar-refractivity contribution in [2.24, 2.45) is 0 Å². The zero-order valence-electron chi connectivity index (χ0n) is 18.4. The predicted molar refractivity (Wildman–Crippen MR) is 134 cm³/mol. The molecule has 0 heterocycles. The quantitative estimate of drug-likeness (QED) is 0.0794. The van der Waals surface area contributed by atoms with Crippen LogP contribution in [0.5, 0.6) is 0 Å². The van der Waals surface area contributed by atoms with Crippen molar-refractivity contribution in [3.05, 3.63) is 0 Å². The summed E-state index contributed by atoms with van der Waals surface area (Å²) in [5, 5.41) is 0. The molecule has 0 radical (unpaired) electrons. The van der Waals surface area contributed by atoms with Crippen molar-refractivity contribution in [1.82, 2.24) is 0 Å². The van der Waals surface area contributed by atoms with Gasteiger partial charge in [0.15, 0.2) is 0 Å². The number of rotatable bonds is 22. The Bertz CT molecular complexity index is 244. The topological polar surface area (TPSA) is 0 Å². The predicted octanol–water partition coefficient (Wildman–Crippen LogP) is 10.7. The summed E-state index contributed by atoms with van der Waals surface area (Å²) in [5.74, 6) is 0. The van der Waals surface area contributed by atoms with E-state index < -0.39 is 0 Å². The van der Waals surface area contributed by atoms with Gasteiger partial charge in [-0.1, -0.05) is 151 Å². The van der Waals surface area contributed by atoms with Crippen molar-refractivity contribution < 1.29 is 0 Å². The van der Waals surface area contributed by atoms with Gasteiger partial charge in [0, 0.05) is 0 Å². The highest BCUT2D eigenvalue weighted by atomic mass is 127. The van der Waals surface area contributed by atoms with Crippen LogP contribution in [0.4, 0.5) is 0 Å². The Morgan fingerprint density at radius 2 is 0.615 bits per heavy atom. The van der Waals surface area contributed by atoms with Gasteiger partial charge >= 0.3 is 0 Å². The minimum atomic E-state index is 0.324. The molecule has 0 aromatic carbocycles. The Morgan fingerprint density at radius 3 is 0.885 bits per heavy atom. The third kappa shape index (κ3) is 23.2. The molecule has 158 valence electrons. The molecule has 0 aliphatic heterocycles. The van der Waals surface area contributed by atoms with Crippen molar-refractivity contribution in [3.63, 3.8) is 0 Å². The first kappa shape index (κ1) is 27.2. The Kier molecular flexibility index (Phi) is 25.3. The molecule has 0 aliphatic carbocycles. The Hall–Kier alpha value is 1.16. The smallest absolute Gasteiger partial charge is 0.0235 e. The fourth-order valence-corrected chi connectivity index (χ4v) is 7.06. The summed E-state index contributed by atoms with van der Waals surface area (Å²) in [6, 6.07) is 0. The molecule has 0 rings (SSSR count). The lowest BCUT2D eigenvalue weighted by Crippen LogP contribution is -1.88. The van der Waals surface area contributed by atoms with Gasteiger partial charge in [-0.25, -0.2) is 0 Å². The van der Waals surface area contributed by atoms with Crippen LogP contribution in [0, 0.1) is 0 Å². The first-order valence-corrected chi connectivity index (χ1v) is 16.7. The molecule has 0 bridgehead atoms. The van der Waals surface area contributed by atoms with Crippen LogP contribution < -0.4 is 0 Å². The molecule has 1 unspecified atom stereocenters. The Labute approximate surface area is 181 Å². The van der Waals surface area contributed by atoms with Crippen molar-refractivity contribution in [3.8, 4) is 0 Å². The zero-order chi connectivity index (χ0) is 19.1. The van der Waals surface area contributed by atoms with E-state index in [1.54, 1.807) is 0 Å². The molecular formula is C24H50IP. The van der Waals surface area contributed by atoms with Gasteiger partial charge in [-0.2, -0.15) is 0 Å². The lowest BCUT2D eigenvalue weighted by molar-refractivity contribution is 0.538. The van der Waals surface area contributed by atoms with Crippen LogP contribution in [0.15, 0.2) is 0 Å². The Balaban J connectivity index is 3.09. The number of hydrogen-bond donors (Lipinski definition) is 0. The molecule has 0 spiro atoms. The van der Waals surface area contributed by atoms with Crippen molar-refractivity contribution >= 4 is 27.6 Å². The third-order valence-electron chi connectivity index (χ3n) is 5.51. The fraction of sp³-hybridized carbons (Fsp3) is 1.00. The van der Waals surface area contributed by atoms with Crippen molar-refractivity contribution in [2.75, 3.05) is 12.3 Å². The van der Waals surface area contributed by atoms with Gasteiger partial charge in [0.05, 0.1) is 0 Å². The average molecular weight is 497 g/mol. The monoisotopic (exact) mass is 496 g/mol. The highest BCUT2D eigenvalue weighted by molar-refractivity contribution is 14.2. The minimum absolute atomic E-state index is 0.324. The standard InChI is InChI=1S/C24H50IP/c1-3-5-7-9-11-12-13-14-15-16-17-18-20-22-24-26(25)23-21-19-10-8-6-4-2/h3-24H2,1-2H3. The van der Waals surface area contributed by atoms with E-state index in [4.69, 9.17) is 0 Å². The normalized spacial score (nSPS) is 12.6. The number of hydrogen-bond acceptors (Lipinski definition) is 0. The van der Waals surface area contributed by atoms with Gasteiger partial charge in [-0.15, -0.1) is 0 Å². The molecule has 0 saturated carbocycles. The summed E-state index contributed by atoms with van der Waals surface area (Å²) in [7, 11) is 0. The zero-order valence-corrected chi connectivity index (χ0v) is 21.4. The summed E-state index contributed by atoms with van der Waals surface area (Å²) < 4.78 is 0. The second kappa shape index (κ2) is 24.2. The molecule has 0 amide bonds. The van der Waals surface area contributed by atoms with Crippen LogP contribution in [-0.2, 0) is 0 Å². The highest BCUT2D eigenvalue weighted by Crippen LogP contribution is 2.46. The maximum absolute atomic E-state index is 2.77. The summed E-state index contributed by atoms with van der Waals surface area (Å²) in [6.07, 6.45) is 32.5. The molecule has 0 aromatic heterocycles. The summed E-state index contributed by atoms with van der Waals surface area (Å²) >= 11 is 2.77. The lowest BCUT2D eigenvalue weighted by Gasteiger charge is -2.10. The van der Waals surface area contributed by atoms with Crippen molar-refractivity contribution in [1.29, 1.82) is 0 Å². The highest BCUT2D eigenvalue weighted by Gasteiger charge is 2.03.